The first-order chi connectivity index (χ1) is 10.2. The van der Waals surface area contributed by atoms with Crippen molar-refractivity contribution in [1.82, 2.24) is 0 Å². The van der Waals surface area contributed by atoms with Gasteiger partial charge in [0.25, 0.3) is 0 Å². The van der Waals surface area contributed by atoms with Gasteiger partial charge in [-0.05, 0) is 35.0 Å². The van der Waals surface area contributed by atoms with Crippen LogP contribution in [0, 0.1) is 0 Å². The largest absolute Gasteiger partial charge is 0.504 e. The molecule has 0 unspecified atom stereocenters. The summed E-state index contributed by atoms with van der Waals surface area (Å²) in [6.45, 7) is 0. The number of benzene rings is 3. The number of phenols is 1. The number of ether oxygens (including phenoxy) is 1. The second-order valence-electron chi connectivity index (χ2n) is 4.55. The summed E-state index contributed by atoms with van der Waals surface area (Å²) in [5, 5.41) is 14.3. The Morgan fingerprint density at radius 2 is 1.52 bits per heavy atom. The van der Waals surface area contributed by atoms with Crippen molar-refractivity contribution in [2.24, 2.45) is 0 Å². The van der Waals surface area contributed by atoms with E-state index < -0.39 is 6.09 Å². The average Bonchev–Trinajstić information content (AvgIpc) is 2.49. The molecule has 0 saturated heterocycles. The topological polar surface area (TPSA) is 58.6 Å². The monoisotopic (exact) mass is 279 g/mol. The first kappa shape index (κ1) is 13.0. The number of rotatable bonds is 2. The molecule has 4 nitrogen and oxygen atoms in total. The lowest BCUT2D eigenvalue weighted by molar-refractivity contribution is 0.213. The predicted molar refractivity (Wildman–Crippen MR) is 81.7 cm³/mol. The number of hydrogen-bond acceptors (Lipinski definition) is 3. The highest BCUT2D eigenvalue weighted by Crippen LogP contribution is 2.31. The Balaban J connectivity index is 1.81. The smallest absolute Gasteiger partial charge is 0.417 e. The fraction of sp³-hybridized carbons (Fsp3) is 0. The van der Waals surface area contributed by atoms with Gasteiger partial charge in [-0.2, -0.15) is 0 Å². The van der Waals surface area contributed by atoms with Crippen LogP contribution in [-0.4, -0.2) is 11.2 Å². The average molecular weight is 279 g/mol. The number of phenolic OH excluding ortho intramolecular Hbond substituents is 1. The van der Waals surface area contributed by atoms with Crippen molar-refractivity contribution in [3.05, 3.63) is 66.7 Å². The number of hydrogen-bond donors (Lipinski definition) is 2. The van der Waals surface area contributed by atoms with Crippen LogP contribution in [0.4, 0.5) is 10.5 Å². The molecule has 0 atom stereocenters. The molecule has 2 N–H and O–H groups in total. The van der Waals surface area contributed by atoms with Crippen LogP contribution < -0.4 is 10.1 Å². The number of carbonyl (C=O) groups is 1. The molecule has 0 spiro atoms. The van der Waals surface area contributed by atoms with Crippen LogP contribution in [0.2, 0.25) is 0 Å². The number of para-hydroxylation sites is 1. The van der Waals surface area contributed by atoms with E-state index in [1.165, 1.54) is 0 Å². The fourth-order valence-corrected chi connectivity index (χ4v) is 2.05. The molecule has 0 aliphatic heterocycles. The van der Waals surface area contributed by atoms with Crippen molar-refractivity contribution < 1.29 is 14.6 Å². The molecule has 21 heavy (non-hydrogen) atoms. The number of aromatic hydroxyl groups is 1. The Hall–Kier alpha value is -3.01. The van der Waals surface area contributed by atoms with Crippen molar-refractivity contribution >= 4 is 22.6 Å². The van der Waals surface area contributed by atoms with E-state index in [1.54, 1.807) is 24.3 Å². The lowest BCUT2D eigenvalue weighted by Gasteiger charge is -2.09. The van der Waals surface area contributed by atoms with Gasteiger partial charge in [0.1, 0.15) is 0 Å². The van der Waals surface area contributed by atoms with E-state index in [0.29, 0.717) is 5.69 Å². The molecule has 0 saturated carbocycles. The molecule has 0 heterocycles. The molecule has 0 bridgehead atoms. The van der Waals surface area contributed by atoms with E-state index >= 15 is 0 Å². The Morgan fingerprint density at radius 1 is 0.905 bits per heavy atom. The van der Waals surface area contributed by atoms with E-state index in [0.717, 1.165) is 10.8 Å². The number of fused-ring (bicyclic) bond motifs is 1. The van der Waals surface area contributed by atoms with Gasteiger partial charge in [-0.3, -0.25) is 5.32 Å². The summed E-state index contributed by atoms with van der Waals surface area (Å²) >= 11 is 0. The minimum atomic E-state index is -0.646. The predicted octanol–water partition coefficient (Wildman–Crippen LogP) is 4.16. The van der Waals surface area contributed by atoms with E-state index in [4.69, 9.17) is 4.74 Å². The molecule has 0 aliphatic carbocycles. The lowest BCUT2D eigenvalue weighted by Crippen LogP contribution is -2.16. The van der Waals surface area contributed by atoms with Crippen molar-refractivity contribution in [2.75, 3.05) is 5.32 Å². The molecule has 4 heteroatoms. The highest BCUT2D eigenvalue weighted by atomic mass is 16.6. The van der Waals surface area contributed by atoms with Crippen LogP contribution in [0.1, 0.15) is 0 Å². The first-order valence-corrected chi connectivity index (χ1v) is 6.48. The zero-order valence-corrected chi connectivity index (χ0v) is 11.1. The molecule has 0 fully saturated rings. The van der Waals surface area contributed by atoms with Gasteiger partial charge >= 0.3 is 6.09 Å². The van der Waals surface area contributed by atoms with Crippen LogP contribution in [0.3, 0.4) is 0 Å². The second kappa shape index (κ2) is 5.54. The van der Waals surface area contributed by atoms with Crippen molar-refractivity contribution in [2.45, 2.75) is 0 Å². The second-order valence-corrected chi connectivity index (χ2v) is 4.55. The van der Waals surface area contributed by atoms with Gasteiger partial charge in [0.05, 0.1) is 0 Å². The maximum atomic E-state index is 11.8. The Bertz CT molecular complexity index is 784. The van der Waals surface area contributed by atoms with E-state index in [1.807, 2.05) is 42.5 Å². The third-order valence-corrected chi connectivity index (χ3v) is 3.05. The third kappa shape index (κ3) is 2.95. The summed E-state index contributed by atoms with van der Waals surface area (Å²) in [6, 6.07) is 19.7. The Labute approximate surface area is 121 Å². The molecule has 0 aromatic heterocycles. The quantitative estimate of drug-likeness (QED) is 0.740. The lowest BCUT2D eigenvalue weighted by atomic mass is 10.1. The Morgan fingerprint density at radius 3 is 2.24 bits per heavy atom. The molecule has 3 aromatic rings. The third-order valence-electron chi connectivity index (χ3n) is 3.05. The van der Waals surface area contributed by atoms with Crippen LogP contribution in [-0.2, 0) is 0 Å². The zero-order chi connectivity index (χ0) is 14.7. The summed E-state index contributed by atoms with van der Waals surface area (Å²) in [5.74, 6) is 0.0547. The maximum absolute atomic E-state index is 11.8. The minimum Gasteiger partial charge on any atom is -0.504 e. The summed E-state index contributed by atoms with van der Waals surface area (Å²) < 4.78 is 5.16. The molecule has 0 aliphatic rings. The summed E-state index contributed by atoms with van der Waals surface area (Å²) in [6.07, 6.45) is -0.646. The summed E-state index contributed by atoms with van der Waals surface area (Å²) in [7, 11) is 0. The number of anilines is 1. The SMILES string of the molecule is O=C(Nc1ccccc1)Oc1cc2ccccc2cc1O. The van der Waals surface area contributed by atoms with Crippen molar-refractivity contribution in [3.8, 4) is 11.5 Å². The minimum absolute atomic E-state index is 0.0723. The first-order valence-electron chi connectivity index (χ1n) is 6.48. The van der Waals surface area contributed by atoms with E-state index in [9.17, 15) is 9.90 Å². The molecular formula is C17H13NO3. The molecule has 3 aromatic carbocycles. The normalized spacial score (nSPS) is 10.3. The number of carbonyl (C=O) groups excluding carboxylic acids is 1. The van der Waals surface area contributed by atoms with Crippen LogP contribution in [0.5, 0.6) is 11.5 Å². The highest BCUT2D eigenvalue weighted by molar-refractivity contribution is 5.90. The van der Waals surface area contributed by atoms with E-state index in [-0.39, 0.29) is 11.5 Å². The van der Waals surface area contributed by atoms with Gasteiger partial charge < -0.3 is 9.84 Å². The van der Waals surface area contributed by atoms with Gasteiger partial charge in [0.15, 0.2) is 11.5 Å². The number of nitrogens with one attached hydrogen (secondary N) is 1. The summed E-state index contributed by atoms with van der Waals surface area (Å²) in [5.41, 5.74) is 0.628. The van der Waals surface area contributed by atoms with Gasteiger partial charge in [-0.15, -0.1) is 0 Å². The molecule has 0 radical (unpaired) electrons. The Kier molecular flexibility index (Phi) is 3.43. The van der Waals surface area contributed by atoms with E-state index in [2.05, 4.69) is 5.32 Å². The van der Waals surface area contributed by atoms with Gasteiger partial charge in [-0.25, -0.2) is 4.79 Å². The van der Waals surface area contributed by atoms with Crippen molar-refractivity contribution in [1.29, 1.82) is 0 Å². The van der Waals surface area contributed by atoms with Gasteiger partial charge in [-0.1, -0.05) is 42.5 Å². The van der Waals surface area contributed by atoms with Crippen LogP contribution in [0.25, 0.3) is 10.8 Å². The highest BCUT2D eigenvalue weighted by Gasteiger charge is 2.10. The molecule has 3 rings (SSSR count). The maximum Gasteiger partial charge on any atom is 0.417 e. The molecule has 104 valence electrons. The van der Waals surface area contributed by atoms with Gasteiger partial charge in [0, 0.05) is 5.69 Å². The summed E-state index contributed by atoms with van der Waals surface area (Å²) in [4.78, 5) is 11.8. The molecule has 1 amide bonds. The zero-order valence-electron chi connectivity index (χ0n) is 11.1. The molecular weight excluding hydrogens is 266 g/mol. The van der Waals surface area contributed by atoms with Crippen LogP contribution >= 0.6 is 0 Å². The fourth-order valence-electron chi connectivity index (χ4n) is 2.05. The van der Waals surface area contributed by atoms with Crippen LogP contribution in [0.15, 0.2) is 66.7 Å². The standard InChI is InChI=1S/C17H13NO3/c19-15-10-12-6-4-5-7-13(12)11-16(15)21-17(20)18-14-8-2-1-3-9-14/h1-11,19H,(H,18,20). The number of amides is 1. The van der Waals surface area contributed by atoms with Crippen molar-refractivity contribution in [3.63, 3.8) is 0 Å². The van der Waals surface area contributed by atoms with Gasteiger partial charge in [0.2, 0.25) is 0 Å².